The molecule has 0 aromatic heterocycles. The number of para-hydroxylation sites is 1. The van der Waals surface area contributed by atoms with Crippen LogP contribution in [-0.4, -0.2) is 14.1 Å². The number of hydrogen-bond donors (Lipinski definition) is 0. The van der Waals surface area contributed by atoms with Gasteiger partial charge in [-0.25, -0.2) is 0 Å². The molecule has 1 rings (SSSR count). The molecule has 0 amide bonds. The number of hydrogen-bond acceptors (Lipinski definition) is 1. The normalized spacial score (nSPS) is 9.50. The van der Waals surface area contributed by atoms with Gasteiger partial charge in [-0.2, -0.15) is 0 Å². The molecule has 0 saturated carbocycles. The molecule has 0 spiro atoms. The zero-order valence-electron chi connectivity index (χ0n) is 6.13. The maximum Gasteiger partial charge on any atom is 0.0496 e. The van der Waals surface area contributed by atoms with Crippen LogP contribution in [-0.2, 0) is 0 Å². The molecule has 0 unspecified atom stereocenters. The van der Waals surface area contributed by atoms with Crippen LogP contribution in [0.5, 0.6) is 0 Å². The highest BCUT2D eigenvalue weighted by atomic mass is 127. The maximum absolute atomic E-state index is 2.33. The molecule has 0 atom stereocenters. The molecule has 0 N–H and O–H groups in total. The molecule has 0 radical (unpaired) electrons. The molecule has 1 aromatic rings. The average molecular weight is 247 g/mol. The second-order valence-electron chi connectivity index (χ2n) is 2.35. The third kappa shape index (κ3) is 1.62. The summed E-state index contributed by atoms with van der Waals surface area (Å²) in [7, 11) is 4.11. The summed E-state index contributed by atoms with van der Waals surface area (Å²) >= 11 is 2.33. The second-order valence-corrected chi connectivity index (χ2v) is 3.51. The molecule has 0 fully saturated rings. The lowest BCUT2D eigenvalue weighted by atomic mass is 10.3. The highest BCUT2D eigenvalue weighted by molar-refractivity contribution is 14.1. The minimum absolute atomic E-state index is 1.28. The lowest BCUT2D eigenvalue weighted by Crippen LogP contribution is -2.09. The molecule has 0 heterocycles. The van der Waals surface area contributed by atoms with Gasteiger partial charge in [0.25, 0.3) is 0 Å². The Morgan fingerprint density at radius 1 is 1.20 bits per heavy atom. The van der Waals surface area contributed by atoms with Crippen LogP contribution < -0.4 is 4.90 Å². The van der Waals surface area contributed by atoms with Crippen LogP contribution in [0.15, 0.2) is 24.3 Å². The van der Waals surface area contributed by atoms with E-state index < -0.39 is 0 Å². The Balaban J connectivity index is 3.03. The van der Waals surface area contributed by atoms with Crippen molar-refractivity contribution in [2.24, 2.45) is 0 Å². The van der Waals surface area contributed by atoms with Crippen molar-refractivity contribution in [2.75, 3.05) is 19.0 Å². The molecule has 10 heavy (non-hydrogen) atoms. The molecule has 1 nitrogen and oxygen atoms in total. The molecule has 0 aliphatic carbocycles. The van der Waals surface area contributed by atoms with Gasteiger partial charge in [0.15, 0.2) is 0 Å². The highest BCUT2D eigenvalue weighted by Crippen LogP contribution is 2.18. The maximum atomic E-state index is 2.33. The lowest BCUT2D eigenvalue weighted by molar-refractivity contribution is 1.12. The van der Waals surface area contributed by atoms with E-state index in [9.17, 15) is 0 Å². The fraction of sp³-hybridized carbons (Fsp3) is 0.250. The first-order valence-electron chi connectivity index (χ1n) is 3.13. The number of halogens is 1. The van der Waals surface area contributed by atoms with Crippen molar-refractivity contribution >= 4 is 28.3 Å². The summed E-state index contributed by atoms with van der Waals surface area (Å²) in [6.45, 7) is 0. The number of anilines is 1. The second kappa shape index (κ2) is 3.23. The Labute approximate surface area is 75.2 Å². The van der Waals surface area contributed by atoms with Gasteiger partial charge in [-0.3, -0.25) is 0 Å². The van der Waals surface area contributed by atoms with Crippen molar-refractivity contribution < 1.29 is 0 Å². The highest BCUT2D eigenvalue weighted by Gasteiger charge is 1.97. The first-order chi connectivity index (χ1) is 4.72. The Kier molecular flexibility index (Phi) is 2.54. The Morgan fingerprint density at radius 3 is 2.20 bits per heavy atom. The summed E-state index contributed by atoms with van der Waals surface area (Å²) in [6.07, 6.45) is 0. The van der Waals surface area contributed by atoms with Crippen LogP contribution in [0.4, 0.5) is 5.69 Å². The van der Waals surface area contributed by atoms with E-state index >= 15 is 0 Å². The smallest absolute Gasteiger partial charge is 0.0496 e. The number of benzene rings is 1. The molecule has 54 valence electrons. The average Bonchev–Trinajstić information content (AvgIpc) is 1.88. The summed E-state index contributed by atoms with van der Waals surface area (Å²) in [4.78, 5) is 2.11. The van der Waals surface area contributed by atoms with Gasteiger partial charge in [0, 0.05) is 23.4 Å². The molecule has 0 aliphatic heterocycles. The topological polar surface area (TPSA) is 3.24 Å². The SMILES string of the molecule is CN(C)c1ccccc1I. The van der Waals surface area contributed by atoms with Gasteiger partial charge in [-0.05, 0) is 34.7 Å². The van der Waals surface area contributed by atoms with Crippen LogP contribution >= 0.6 is 22.6 Å². The molecule has 0 saturated heterocycles. The van der Waals surface area contributed by atoms with Gasteiger partial charge < -0.3 is 4.90 Å². The van der Waals surface area contributed by atoms with E-state index in [0.29, 0.717) is 0 Å². The van der Waals surface area contributed by atoms with Gasteiger partial charge in [-0.1, -0.05) is 12.1 Å². The number of nitrogens with zero attached hydrogens (tertiary/aromatic N) is 1. The van der Waals surface area contributed by atoms with Crippen LogP contribution in [0.1, 0.15) is 0 Å². The molecule has 0 aliphatic rings. The van der Waals surface area contributed by atoms with Crippen molar-refractivity contribution in [3.63, 3.8) is 0 Å². The van der Waals surface area contributed by atoms with Crippen LogP contribution in [0.3, 0.4) is 0 Å². The lowest BCUT2D eigenvalue weighted by Gasteiger charge is -2.13. The summed E-state index contributed by atoms with van der Waals surface area (Å²) in [6, 6.07) is 8.32. The molecule has 0 bridgehead atoms. The van der Waals surface area contributed by atoms with Crippen molar-refractivity contribution in [3.8, 4) is 0 Å². The van der Waals surface area contributed by atoms with Crippen LogP contribution in [0, 0.1) is 3.57 Å². The molecular formula is C8H10IN. The predicted octanol–water partition coefficient (Wildman–Crippen LogP) is 2.36. The summed E-state index contributed by atoms with van der Waals surface area (Å²) in [5, 5.41) is 0. The Morgan fingerprint density at radius 2 is 1.80 bits per heavy atom. The van der Waals surface area contributed by atoms with Crippen molar-refractivity contribution in [2.45, 2.75) is 0 Å². The summed E-state index contributed by atoms with van der Waals surface area (Å²) in [5.74, 6) is 0. The van der Waals surface area contributed by atoms with E-state index in [1.165, 1.54) is 9.26 Å². The standard InChI is InChI=1S/C8H10IN/c1-10(2)8-6-4-3-5-7(8)9/h3-6H,1-2H3. The Bertz CT molecular complexity index is 220. The van der Waals surface area contributed by atoms with Gasteiger partial charge in [0.2, 0.25) is 0 Å². The Hall–Kier alpha value is -0.250. The van der Waals surface area contributed by atoms with E-state index in [2.05, 4.69) is 65.9 Å². The quantitative estimate of drug-likeness (QED) is 0.688. The van der Waals surface area contributed by atoms with E-state index in [4.69, 9.17) is 0 Å². The fourth-order valence-electron chi connectivity index (χ4n) is 0.814. The van der Waals surface area contributed by atoms with Gasteiger partial charge in [0.1, 0.15) is 0 Å². The molecule has 1 aromatic carbocycles. The van der Waals surface area contributed by atoms with Crippen LogP contribution in [0.25, 0.3) is 0 Å². The first kappa shape index (κ1) is 7.85. The van der Waals surface area contributed by atoms with Gasteiger partial charge in [-0.15, -0.1) is 0 Å². The third-order valence-corrected chi connectivity index (χ3v) is 2.25. The van der Waals surface area contributed by atoms with Crippen molar-refractivity contribution in [1.29, 1.82) is 0 Å². The zero-order chi connectivity index (χ0) is 7.56. The summed E-state index contributed by atoms with van der Waals surface area (Å²) < 4.78 is 1.30. The third-order valence-electron chi connectivity index (χ3n) is 1.33. The first-order valence-corrected chi connectivity index (χ1v) is 4.21. The monoisotopic (exact) mass is 247 g/mol. The largest absolute Gasteiger partial charge is 0.377 e. The summed E-state index contributed by atoms with van der Waals surface area (Å²) in [5.41, 5.74) is 1.28. The molecule has 2 heteroatoms. The van der Waals surface area contributed by atoms with Crippen LogP contribution in [0.2, 0.25) is 0 Å². The van der Waals surface area contributed by atoms with Gasteiger partial charge >= 0.3 is 0 Å². The molecular weight excluding hydrogens is 237 g/mol. The van der Waals surface area contributed by atoms with E-state index in [0.717, 1.165) is 0 Å². The van der Waals surface area contributed by atoms with E-state index in [1.807, 2.05) is 0 Å². The zero-order valence-corrected chi connectivity index (χ0v) is 8.29. The van der Waals surface area contributed by atoms with E-state index in [-0.39, 0.29) is 0 Å². The van der Waals surface area contributed by atoms with Crippen molar-refractivity contribution in [3.05, 3.63) is 27.8 Å². The fourth-order valence-corrected chi connectivity index (χ4v) is 1.68. The predicted molar refractivity (Wildman–Crippen MR) is 53.5 cm³/mol. The van der Waals surface area contributed by atoms with Gasteiger partial charge in [0.05, 0.1) is 0 Å². The minimum Gasteiger partial charge on any atom is -0.377 e. The number of rotatable bonds is 1. The van der Waals surface area contributed by atoms with Crippen molar-refractivity contribution in [1.82, 2.24) is 0 Å². The van der Waals surface area contributed by atoms with E-state index in [1.54, 1.807) is 0 Å². The minimum atomic E-state index is 1.28.